The Morgan fingerprint density at radius 1 is 1.00 bits per heavy atom. The van der Waals surface area contributed by atoms with Gasteiger partial charge in [-0.3, -0.25) is 4.90 Å². The van der Waals surface area contributed by atoms with Gasteiger partial charge in [0.25, 0.3) is 0 Å². The predicted octanol–water partition coefficient (Wildman–Crippen LogP) is 5.09. The maximum Gasteiger partial charge on any atom is 0.198 e. The van der Waals surface area contributed by atoms with Crippen LogP contribution in [0, 0.1) is 13.8 Å². The van der Waals surface area contributed by atoms with Gasteiger partial charge in [0, 0.05) is 12.2 Å². The van der Waals surface area contributed by atoms with Crippen LogP contribution >= 0.6 is 0 Å². The second kappa shape index (κ2) is 10.4. The van der Waals surface area contributed by atoms with E-state index < -0.39 is 0 Å². The minimum absolute atomic E-state index is 0.282. The molecular formula is C27H33N5O. The lowest BCUT2D eigenvalue weighted by Gasteiger charge is -2.15. The van der Waals surface area contributed by atoms with E-state index in [1.165, 1.54) is 42.6 Å². The summed E-state index contributed by atoms with van der Waals surface area (Å²) in [6.07, 6.45) is 2.59. The average molecular weight is 444 g/mol. The Kier molecular flexibility index (Phi) is 7.15. The van der Waals surface area contributed by atoms with E-state index in [9.17, 15) is 0 Å². The van der Waals surface area contributed by atoms with Crippen molar-refractivity contribution >= 4 is 23.0 Å². The summed E-state index contributed by atoms with van der Waals surface area (Å²) < 4.78 is 5.86. The van der Waals surface area contributed by atoms with E-state index in [0.29, 0.717) is 18.0 Å². The average Bonchev–Trinajstić information content (AvgIpc) is 3.30. The molecule has 1 aliphatic heterocycles. The highest BCUT2D eigenvalue weighted by atomic mass is 16.5. The van der Waals surface area contributed by atoms with Crippen molar-refractivity contribution in [1.29, 1.82) is 0 Å². The summed E-state index contributed by atoms with van der Waals surface area (Å²) in [5, 5.41) is 3.12. The Morgan fingerprint density at radius 2 is 1.70 bits per heavy atom. The first-order valence-corrected chi connectivity index (χ1v) is 11.5. The van der Waals surface area contributed by atoms with Gasteiger partial charge < -0.3 is 21.5 Å². The molecule has 0 bridgehead atoms. The third kappa shape index (κ3) is 5.84. The van der Waals surface area contributed by atoms with E-state index in [1.54, 1.807) is 0 Å². The fourth-order valence-corrected chi connectivity index (χ4v) is 4.32. The van der Waals surface area contributed by atoms with Crippen LogP contribution in [0.1, 0.15) is 24.0 Å². The number of rotatable bonds is 7. The lowest BCUT2D eigenvalue weighted by molar-refractivity contribution is 0.238. The second-order valence-electron chi connectivity index (χ2n) is 8.58. The summed E-state index contributed by atoms with van der Waals surface area (Å²) in [6, 6.07) is 19.9. The van der Waals surface area contributed by atoms with Gasteiger partial charge in [-0.05, 0) is 98.4 Å². The Morgan fingerprint density at radius 3 is 2.36 bits per heavy atom. The van der Waals surface area contributed by atoms with Crippen LogP contribution in [-0.4, -0.2) is 37.1 Å². The Hall–Kier alpha value is -3.51. The molecule has 0 saturated carbocycles. The molecule has 5 N–H and O–H groups in total. The molecule has 1 fully saturated rings. The summed E-state index contributed by atoms with van der Waals surface area (Å²) in [6.45, 7) is 8.26. The molecule has 0 atom stereocenters. The molecule has 3 aromatic rings. The van der Waals surface area contributed by atoms with Crippen molar-refractivity contribution in [3.05, 3.63) is 71.8 Å². The number of benzene rings is 3. The molecule has 0 aromatic heterocycles. The number of nitrogens with zero attached hydrogens (tertiary/aromatic N) is 2. The lowest BCUT2D eigenvalue weighted by atomic mass is 9.95. The number of nitrogens with two attached hydrogens (primary N) is 2. The van der Waals surface area contributed by atoms with Gasteiger partial charge in [0.05, 0.1) is 11.4 Å². The number of aliphatic imine (C=N–C) groups is 1. The molecule has 0 aliphatic carbocycles. The van der Waals surface area contributed by atoms with Gasteiger partial charge in [0.1, 0.15) is 12.4 Å². The van der Waals surface area contributed by atoms with Gasteiger partial charge in [-0.1, -0.05) is 24.3 Å². The van der Waals surface area contributed by atoms with Crippen molar-refractivity contribution in [2.75, 3.05) is 37.3 Å². The predicted molar refractivity (Wildman–Crippen MR) is 138 cm³/mol. The largest absolute Gasteiger partial charge is 0.492 e. The van der Waals surface area contributed by atoms with E-state index in [0.717, 1.165) is 23.5 Å². The van der Waals surface area contributed by atoms with Crippen molar-refractivity contribution in [3.63, 3.8) is 0 Å². The molecule has 3 aromatic carbocycles. The van der Waals surface area contributed by atoms with E-state index in [-0.39, 0.29) is 5.96 Å². The van der Waals surface area contributed by atoms with Gasteiger partial charge in [0.15, 0.2) is 5.96 Å². The van der Waals surface area contributed by atoms with Crippen molar-refractivity contribution in [2.45, 2.75) is 26.7 Å². The molecule has 6 heteroatoms. The second-order valence-corrected chi connectivity index (χ2v) is 8.58. The van der Waals surface area contributed by atoms with Crippen LogP contribution < -0.4 is 21.5 Å². The molecule has 33 heavy (non-hydrogen) atoms. The van der Waals surface area contributed by atoms with Gasteiger partial charge in [0.2, 0.25) is 0 Å². The molecule has 0 amide bonds. The third-order valence-electron chi connectivity index (χ3n) is 6.04. The SMILES string of the molecule is Cc1cccc(C)c1-c1ccc(N=C(N)Nc2ccc(OCCN3CCCC3)cc2)c(N)c1. The highest BCUT2D eigenvalue weighted by molar-refractivity contribution is 5.95. The van der Waals surface area contributed by atoms with Gasteiger partial charge in [-0.2, -0.15) is 0 Å². The van der Waals surface area contributed by atoms with Gasteiger partial charge >= 0.3 is 0 Å². The summed E-state index contributed by atoms with van der Waals surface area (Å²) in [5.41, 5.74) is 19.2. The lowest BCUT2D eigenvalue weighted by Crippen LogP contribution is -2.25. The first kappa shape index (κ1) is 22.7. The third-order valence-corrected chi connectivity index (χ3v) is 6.04. The van der Waals surface area contributed by atoms with Crippen molar-refractivity contribution in [1.82, 2.24) is 4.90 Å². The van der Waals surface area contributed by atoms with Crippen molar-refractivity contribution in [2.24, 2.45) is 10.7 Å². The monoisotopic (exact) mass is 443 g/mol. The van der Waals surface area contributed by atoms with Gasteiger partial charge in [-0.15, -0.1) is 0 Å². The maximum absolute atomic E-state index is 6.30. The Balaban J connectivity index is 1.37. The van der Waals surface area contributed by atoms with E-state index >= 15 is 0 Å². The number of ether oxygens (including phenoxy) is 1. The van der Waals surface area contributed by atoms with E-state index in [2.05, 4.69) is 47.3 Å². The zero-order chi connectivity index (χ0) is 23.2. The summed E-state index contributed by atoms with van der Waals surface area (Å²) in [7, 11) is 0. The Labute approximate surface area is 196 Å². The topological polar surface area (TPSA) is 88.9 Å². The molecular weight excluding hydrogens is 410 g/mol. The molecule has 1 heterocycles. The number of aryl methyl sites for hydroxylation is 2. The van der Waals surface area contributed by atoms with Gasteiger partial charge in [-0.25, -0.2) is 4.99 Å². The first-order valence-electron chi connectivity index (χ1n) is 11.5. The molecule has 172 valence electrons. The molecule has 4 rings (SSSR count). The maximum atomic E-state index is 6.30. The number of nitrogen functional groups attached to an aromatic ring is 1. The number of hydrogen-bond donors (Lipinski definition) is 3. The Bertz CT molecular complexity index is 1100. The molecule has 6 nitrogen and oxygen atoms in total. The minimum atomic E-state index is 0.282. The zero-order valence-corrected chi connectivity index (χ0v) is 19.5. The molecule has 1 aliphatic rings. The van der Waals surface area contributed by atoms with E-state index in [1.807, 2.05) is 42.5 Å². The number of likely N-dealkylation sites (tertiary alicyclic amines) is 1. The first-order chi connectivity index (χ1) is 16.0. The van der Waals surface area contributed by atoms with Crippen LogP contribution in [0.3, 0.4) is 0 Å². The standard InChI is InChI=1S/C27H33N5O/c1-19-6-5-7-20(2)26(19)21-8-13-25(24(28)18-21)31-27(29)30-22-9-11-23(12-10-22)33-17-16-32-14-3-4-15-32/h5-13,18H,3-4,14-17,28H2,1-2H3,(H3,29,30,31). The summed E-state index contributed by atoms with van der Waals surface area (Å²) in [4.78, 5) is 6.91. The minimum Gasteiger partial charge on any atom is -0.492 e. The highest BCUT2D eigenvalue weighted by Crippen LogP contribution is 2.32. The highest BCUT2D eigenvalue weighted by Gasteiger charge is 2.11. The van der Waals surface area contributed by atoms with Crippen LogP contribution in [0.15, 0.2) is 65.7 Å². The number of anilines is 2. The summed E-state index contributed by atoms with van der Waals surface area (Å²) in [5.74, 6) is 1.13. The number of nitrogens with one attached hydrogen (secondary N) is 1. The van der Waals surface area contributed by atoms with Crippen LogP contribution in [0.4, 0.5) is 17.1 Å². The fraction of sp³-hybridized carbons (Fsp3) is 0.296. The van der Waals surface area contributed by atoms with Crippen LogP contribution in [0.5, 0.6) is 5.75 Å². The van der Waals surface area contributed by atoms with Crippen LogP contribution in [0.2, 0.25) is 0 Å². The van der Waals surface area contributed by atoms with Crippen molar-refractivity contribution < 1.29 is 4.74 Å². The van der Waals surface area contributed by atoms with Crippen LogP contribution in [0.25, 0.3) is 11.1 Å². The summed E-state index contributed by atoms with van der Waals surface area (Å²) >= 11 is 0. The number of hydrogen-bond acceptors (Lipinski definition) is 4. The molecule has 0 radical (unpaired) electrons. The zero-order valence-electron chi connectivity index (χ0n) is 19.5. The van der Waals surface area contributed by atoms with Crippen molar-refractivity contribution in [3.8, 4) is 16.9 Å². The quantitative estimate of drug-likeness (QED) is 0.269. The molecule has 0 unspecified atom stereocenters. The van der Waals surface area contributed by atoms with E-state index in [4.69, 9.17) is 16.2 Å². The van der Waals surface area contributed by atoms with Crippen LogP contribution in [-0.2, 0) is 0 Å². The normalized spacial score (nSPS) is 14.4. The smallest absolute Gasteiger partial charge is 0.198 e. The number of guanidine groups is 1. The molecule has 1 saturated heterocycles. The fourth-order valence-electron chi connectivity index (χ4n) is 4.32. The molecule has 0 spiro atoms.